The number of nitrogens with one attached hydrogen (secondary N) is 1. The molecule has 0 aromatic heterocycles. The van der Waals surface area contributed by atoms with Gasteiger partial charge in [-0.1, -0.05) is 32.6 Å². The number of amides is 1. The number of aliphatic carboxylic acids is 1. The van der Waals surface area contributed by atoms with Crippen molar-refractivity contribution >= 4 is 35.6 Å². The first kappa shape index (κ1) is 29.2. The number of carbonyl (C=O) groups excluding carboxylic acids is 3. The fourth-order valence-electron chi connectivity index (χ4n) is 3.81. The van der Waals surface area contributed by atoms with E-state index in [-0.39, 0.29) is 30.8 Å². The smallest absolute Gasteiger partial charge is 0.326 e. The van der Waals surface area contributed by atoms with E-state index >= 15 is 0 Å². The lowest BCUT2D eigenvalue weighted by molar-refractivity contribution is -0.150. The molecule has 0 spiro atoms. The van der Waals surface area contributed by atoms with Crippen LogP contribution < -0.4 is 5.32 Å². The van der Waals surface area contributed by atoms with Gasteiger partial charge in [0.15, 0.2) is 0 Å². The van der Waals surface area contributed by atoms with Crippen molar-refractivity contribution in [2.24, 2.45) is 0 Å². The highest BCUT2D eigenvalue weighted by molar-refractivity contribution is 8.00. The molecule has 1 amide bonds. The van der Waals surface area contributed by atoms with Crippen LogP contribution >= 0.6 is 11.8 Å². The minimum atomic E-state index is -1.02. The Hall–Kier alpha value is -1.81. The zero-order valence-corrected chi connectivity index (χ0v) is 21.2. The van der Waals surface area contributed by atoms with Gasteiger partial charge in [-0.05, 0) is 40.0 Å². The van der Waals surface area contributed by atoms with Gasteiger partial charge in [0.25, 0.3) is 0 Å². The molecule has 0 bridgehead atoms. The zero-order chi connectivity index (χ0) is 24.8. The number of carbonyl (C=O) groups is 4. The molecule has 9 nitrogen and oxygen atoms in total. The van der Waals surface area contributed by atoms with Crippen LogP contribution in [0.15, 0.2) is 0 Å². The number of ether oxygens (including phenoxy) is 2. The van der Waals surface area contributed by atoms with Crippen LogP contribution in [0.5, 0.6) is 0 Å². The second-order valence-corrected chi connectivity index (χ2v) is 9.38. The Morgan fingerprint density at radius 3 is 2.33 bits per heavy atom. The standard InChI is InChI=1S/C23H40N2O7S/c1-5-8-9-10-13-19(23(30)32-7-3)33-15-17(22(29)31-6-2)24-16(4)20(26)25-14-11-12-18(25)21(27)28/h16-19,24H,5-15H2,1-4H3,(H,27,28)/t16?,17?,18-,19+/m0/s1. The van der Waals surface area contributed by atoms with E-state index in [0.29, 0.717) is 25.8 Å². The molecule has 1 saturated heterocycles. The molecule has 1 aliphatic rings. The summed E-state index contributed by atoms with van der Waals surface area (Å²) in [5, 5.41) is 12.0. The molecule has 0 aromatic rings. The molecule has 4 atom stereocenters. The quantitative estimate of drug-likeness (QED) is 0.249. The summed E-state index contributed by atoms with van der Waals surface area (Å²) in [5.41, 5.74) is 0. The molecule has 2 unspecified atom stereocenters. The summed E-state index contributed by atoms with van der Waals surface area (Å²) in [6, 6.07) is -2.42. The molecule has 33 heavy (non-hydrogen) atoms. The molecule has 1 rings (SSSR count). The summed E-state index contributed by atoms with van der Waals surface area (Å²) in [4.78, 5) is 50.7. The molecule has 1 aliphatic heterocycles. The van der Waals surface area contributed by atoms with E-state index < -0.39 is 35.3 Å². The van der Waals surface area contributed by atoms with Crippen LogP contribution in [-0.2, 0) is 28.7 Å². The maximum absolute atomic E-state index is 12.9. The van der Waals surface area contributed by atoms with E-state index in [0.717, 1.165) is 25.7 Å². The Labute approximate surface area is 201 Å². The zero-order valence-electron chi connectivity index (χ0n) is 20.3. The molecule has 0 radical (unpaired) electrons. The van der Waals surface area contributed by atoms with Crippen LogP contribution in [0.2, 0.25) is 0 Å². The van der Waals surface area contributed by atoms with E-state index in [9.17, 15) is 24.3 Å². The van der Waals surface area contributed by atoms with Gasteiger partial charge in [-0.2, -0.15) is 0 Å². The number of likely N-dealkylation sites (tertiary alicyclic amines) is 1. The molecule has 0 aliphatic carbocycles. The highest BCUT2D eigenvalue weighted by atomic mass is 32.2. The first-order valence-corrected chi connectivity index (χ1v) is 13.1. The summed E-state index contributed by atoms with van der Waals surface area (Å²) >= 11 is 1.32. The highest BCUT2D eigenvalue weighted by Crippen LogP contribution is 2.22. The molecule has 1 heterocycles. The predicted molar refractivity (Wildman–Crippen MR) is 127 cm³/mol. The Morgan fingerprint density at radius 2 is 1.73 bits per heavy atom. The second-order valence-electron chi connectivity index (χ2n) is 8.14. The van der Waals surface area contributed by atoms with Crippen LogP contribution in [-0.4, -0.2) is 82.7 Å². The van der Waals surface area contributed by atoms with Crippen molar-refractivity contribution in [1.82, 2.24) is 10.2 Å². The Balaban J connectivity index is 2.81. The second kappa shape index (κ2) is 15.9. The Kier molecular flexibility index (Phi) is 14.1. The first-order chi connectivity index (χ1) is 15.8. The maximum atomic E-state index is 12.9. The van der Waals surface area contributed by atoms with Gasteiger partial charge in [0.05, 0.1) is 19.3 Å². The van der Waals surface area contributed by atoms with Crippen molar-refractivity contribution in [3.05, 3.63) is 0 Å². The van der Waals surface area contributed by atoms with Gasteiger partial charge in [-0.15, -0.1) is 11.8 Å². The van der Waals surface area contributed by atoms with Crippen molar-refractivity contribution in [2.45, 2.75) is 96.0 Å². The molecule has 10 heteroatoms. The van der Waals surface area contributed by atoms with Crippen LogP contribution in [0.3, 0.4) is 0 Å². The summed E-state index contributed by atoms with van der Waals surface area (Å²) in [5.74, 6) is -1.95. The number of carboxylic acids is 1. The van der Waals surface area contributed by atoms with Gasteiger partial charge in [0.1, 0.15) is 17.3 Å². The fourth-order valence-corrected chi connectivity index (χ4v) is 5.00. The van der Waals surface area contributed by atoms with E-state index in [1.54, 1.807) is 20.8 Å². The van der Waals surface area contributed by atoms with Gasteiger partial charge in [0, 0.05) is 12.3 Å². The minimum absolute atomic E-state index is 0.190. The molecule has 1 fully saturated rings. The normalized spacial score (nSPS) is 18.4. The highest BCUT2D eigenvalue weighted by Gasteiger charge is 2.37. The third-order valence-corrected chi connectivity index (χ3v) is 6.90. The molecular formula is C23H40N2O7S. The van der Waals surface area contributed by atoms with E-state index in [1.807, 2.05) is 0 Å². The number of unbranched alkanes of at least 4 members (excludes halogenated alkanes) is 3. The lowest BCUT2D eigenvalue weighted by Crippen LogP contribution is -2.54. The lowest BCUT2D eigenvalue weighted by Gasteiger charge is -2.28. The summed E-state index contributed by atoms with van der Waals surface area (Å²) in [6.07, 6.45) is 5.82. The van der Waals surface area contributed by atoms with Crippen LogP contribution in [0.4, 0.5) is 0 Å². The fraction of sp³-hybridized carbons (Fsp3) is 0.826. The summed E-state index contributed by atoms with van der Waals surface area (Å²) < 4.78 is 10.4. The average Bonchev–Trinajstić information content (AvgIpc) is 3.27. The number of thioether (sulfide) groups is 1. The average molecular weight is 489 g/mol. The van der Waals surface area contributed by atoms with Crippen molar-refractivity contribution < 1.29 is 33.8 Å². The molecule has 2 N–H and O–H groups in total. The number of esters is 2. The number of rotatable bonds is 16. The van der Waals surface area contributed by atoms with Gasteiger partial charge in [0.2, 0.25) is 5.91 Å². The monoisotopic (exact) mass is 488 g/mol. The molecule has 190 valence electrons. The van der Waals surface area contributed by atoms with E-state index in [4.69, 9.17) is 9.47 Å². The minimum Gasteiger partial charge on any atom is -0.480 e. The van der Waals surface area contributed by atoms with Crippen LogP contribution in [0.1, 0.15) is 72.6 Å². The molecule has 0 aromatic carbocycles. The van der Waals surface area contributed by atoms with Crippen molar-refractivity contribution in [1.29, 1.82) is 0 Å². The van der Waals surface area contributed by atoms with Crippen LogP contribution in [0.25, 0.3) is 0 Å². The third-order valence-electron chi connectivity index (χ3n) is 5.55. The number of carboxylic acid groups (broad SMARTS) is 1. The SMILES string of the molecule is CCCCCC[C@@H](SCC(NC(C)C(=O)N1CCC[C@H]1C(=O)O)C(=O)OCC)C(=O)OCC. The van der Waals surface area contributed by atoms with Gasteiger partial charge < -0.3 is 19.5 Å². The Morgan fingerprint density at radius 1 is 1.06 bits per heavy atom. The maximum Gasteiger partial charge on any atom is 0.326 e. The van der Waals surface area contributed by atoms with E-state index in [1.165, 1.54) is 16.7 Å². The Bertz CT molecular complexity index is 646. The van der Waals surface area contributed by atoms with Crippen molar-refractivity contribution in [3.8, 4) is 0 Å². The largest absolute Gasteiger partial charge is 0.480 e. The van der Waals surface area contributed by atoms with Gasteiger partial charge >= 0.3 is 17.9 Å². The third kappa shape index (κ3) is 9.92. The predicted octanol–water partition coefficient (Wildman–Crippen LogP) is 2.61. The topological polar surface area (TPSA) is 122 Å². The number of hydrogen-bond acceptors (Lipinski definition) is 8. The van der Waals surface area contributed by atoms with Crippen molar-refractivity contribution in [2.75, 3.05) is 25.5 Å². The summed E-state index contributed by atoms with van der Waals surface area (Å²) in [6.45, 7) is 8.05. The van der Waals surface area contributed by atoms with Crippen LogP contribution in [0, 0.1) is 0 Å². The lowest BCUT2D eigenvalue weighted by atomic mass is 10.1. The number of hydrogen-bond donors (Lipinski definition) is 2. The summed E-state index contributed by atoms with van der Waals surface area (Å²) in [7, 11) is 0. The van der Waals surface area contributed by atoms with E-state index in [2.05, 4.69) is 12.2 Å². The first-order valence-electron chi connectivity index (χ1n) is 12.0. The number of nitrogens with zero attached hydrogens (tertiary/aromatic N) is 1. The molecule has 0 saturated carbocycles. The molecular weight excluding hydrogens is 448 g/mol. The van der Waals surface area contributed by atoms with Gasteiger partial charge in [-0.3, -0.25) is 19.7 Å². The van der Waals surface area contributed by atoms with Crippen molar-refractivity contribution in [3.63, 3.8) is 0 Å². The van der Waals surface area contributed by atoms with Gasteiger partial charge in [-0.25, -0.2) is 4.79 Å².